The van der Waals surface area contributed by atoms with E-state index in [1.54, 1.807) is 18.2 Å². The Morgan fingerprint density at radius 2 is 2.26 bits per heavy atom. The summed E-state index contributed by atoms with van der Waals surface area (Å²) < 4.78 is 5.32. The van der Waals surface area contributed by atoms with E-state index in [9.17, 15) is 4.79 Å². The lowest BCUT2D eigenvalue weighted by Crippen LogP contribution is -2.02. The molecule has 1 aromatic heterocycles. The molecule has 0 radical (unpaired) electrons. The fourth-order valence-electron chi connectivity index (χ4n) is 1.64. The molecule has 0 unspecified atom stereocenters. The second-order valence-corrected chi connectivity index (χ2v) is 4.08. The van der Waals surface area contributed by atoms with Gasteiger partial charge in [-0.25, -0.2) is 14.8 Å². The van der Waals surface area contributed by atoms with Crippen LogP contribution in [0.4, 0.5) is 0 Å². The first-order valence-corrected chi connectivity index (χ1v) is 5.97. The summed E-state index contributed by atoms with van der Waals surface area (Å²) in [6.07, 6.45) is 2.56. The Hall–Kier alpha value is -2.14. The Morgan fingerprint density at radius 1 is 1.47 bits per heavy atom. The molecule has 2 rings (SSSR count). The number of carboxylic acids is 1. The average Bonchev–Trinajstić information content (AvgIpc) is 2.41. The van der Waals surface area contributed by atoms with Gasteiger partial charge in [0, 0.05) is 11.8 Å². The van der Waals surface area contributed by atoms with Gasteiger partial charge in [0.25, 0.3) is 0 Å². The minimum Gasteiger partial charge on any atom is -0.492 e. The smallest absolute Gasteiger partial charge is 0.339 e. The molecule has 98 valence electrons. The number of ether oxygens (including phenoxy) is 1. The molecule has 0 fully saturated rings. The van der Waals surface area contributed by atoms with Gasteiger partial charge in [0.1, 0.15) is 17.6 Å². The van der Waals surface area contributed by atoms with E-state index in [1.807, 2.05) is 6.92 Å². The minimum absolute atomic E-state index is 0.0303. The fraction of sp³-hybridized carbons (Fsp3) is 0.154. The van der Waals surface area contributed by atoms with Crippen molar-refractivity contribution in [1.82, 2.24) is 9.97 Å². The molecule has 1 aromatic carbocycles. The maximum absolute atomic E-state index is 11.1. The number of carboxylic acid groups (broad SMARTS) is 1. The first-order chi connectivity index (χ1) is 9.13. The van der Waals surface area contributed by atoms with Crippen molar-refractivity contribution in [1.29, 1.82) is 0 Å². The number of hydrogen-bond acceptors (Lipinski definition) is 4. The van der Waals surface area contributed by atoms with E-state index in [0.717, 1.165) is 0 Å². The summed E-state index contributed by atoms with van der Waals surface area (Å²) in [5.74, 6) is -0.528. The van der Waals surface area contributed by atoms with E-state index < -0.39 is 5.97 Å². The second-order valence-electron chi connectivity index (χ2n) is 3.67. The maximum atomic E-state index is 11.1. The zero-order chi connectivity index (χ0) is 13.8. The number of aromatic nitrogens is 2. The number of carbonyl (C=O) groups is 1. The predicted octanol–water partition coefficient (Wildman–Crippen LogP) is 2.89. The van der Waals surface area contributed by atoms with Crippen molar-refractivity contribution in [3.8, 4) is 17.0 Å². The van der Waals surface area contributed by atoms with Gasteiger partial charge in [-0.1, -0.05) is 11.6 Å². The van der Waals surface area contributed by atoms with Crippen LogP contribution in [-0.2, 0) is 0 Å². The summed E-state index contributed by atoms with van der Waals surface area (Å²) in [6.45, 7) is 2.37. The Kier molecular flexibility index (Phi) is 3.97. The van der Waals surface area contributed by atoms with E-state index in [4.69, 9.17) is 21.4 Å². The molecule has 6 heteroatoms. The molecule has 0 saturated heterocycles. The molecule has 0 amide bonds. The highest BCUT2D eigenvalue weighted by Gasteiger charge is 2.14. The van der Waals surface area contributed by atoms with E-state index in [2.05, 4.69) is 9.97 Å². The fourth-order valence-corrected chi connectivity index (χ4v) is 1.87. The van der Waals surface area contributed by atoms with E-state index in [0.29, 0.717) is 28.6 Å². The largest absolute Gasteiger partial charge is 0.492 e. The van der Waals surface area contributed by atoms with Gasteiger partial charge < -0.3 is 9.84 Å². The van der Waals surface area contributed by atoms with Gasteiger partial charge in [-0.15, -0.1) is 0 Å². The zero-order valence-corrected chi connectivity index (χ0v) is 10.9. The van der Waals surface area contributed by atoms with Crippen molar-refractivity contribution in [2.45, 2.75) is 6.92 Å². The number of benzene rings is 1. The van der Waals surface area contributed by atoms with Crippen LogP contribution in [0.2, 0.25) is 5.02 Å². The quantitative estimate of drug-likeness (QED) is 0.931. The highest BCUT2D eigenvalue weighted by Crippen LogP contribution is 2.30. The van der Waals surface area contributed by atoms with Gasteiger partial charge in [0.05, 0.1) is 17.3 Å². The molecule has 0 aliphatic carbocycles. The molecule has 1 N–H and O–H groups in total. The van der Waals surface area contributed by atoms with Crippen molar-refractivity contribution in [3.05, 3.63) is 41.3 Å². The van der Waals surface area contributed by atoms with Gasteiger partial charge in [0.15, 0.2) is 0 Å². The predicted molar refractivity (Wildman–Crippen MR) is 70.6 cm³/mol. The van der Waals surface area contributed by atoms with Crippen LogP contribution in [0.5, 0.6) is 5.75 Å². The summed E-state index contributed by atoms with van der Waals surface area (Å²) in [7, 11) is 0. The van der Waals surface area contributed by atoms with E-state index in [1.165, 1.54) is 12.5 Å². The van der Waals surface area contributed by atoms with Gasteiger partial charge in [0.2, 0.25) is 0 Å². The van der Waals surface area contributed by atoms with Crippen molar-refractivity contribution in [2.75, 3.05) is 6.61 Å². The summed E-state index contributed by atoms with van der Waals surface area (Å²) in [6, 6.07) is 5.03. The summed E-state index contributed by atoms with van der Waals surface area (Å²) >= 11 is 6.07. The SMILES string of the molecule is CCOc1ccc(-c2ncncc2C(=O)O)cc1Cl. The third kappa shape index (κ3) is 2.82. The molecular weight excluding hydrogens is 268 g/mol. The normalized spacial score (nSPS) is 10.2. The molecular formula is C13H11ClN2O3. The molecule has 0 saturated carbocycles. The second kappa shape index (κ2) is 5.67. The molecule has 0 atom stereocenters. The van der Waals surface area contributed by atoms with Crippen LogP contribution in [0.15, 0.2) is 30.7 Å². The highest BCUT2D eigenvalue weighted by atomic mass is 35.5. The first-order valence-electron chi connectivity index (χ1n) is 5.59. The average molecular weight is 279 g/mol. The number of rotatable bonds is 4. The van der Waals surface area contributed by atoms with Crippen LogP contribution in [0, 0.1) is 0 Å². The molecule has 19 heavy (non-hydrogen) atoms. The topological polar surface area (TPSA) is 72.3 Å². The molecule has 0 spiro atoms. The van der Waals surface area contributed by atoms with Gasteiger partial charge in [-0.2, -0.15) is 0 Å². The Bertz CT molecular complexity index is 617. The highest BCUT2D eigenvalue weighted by molar-refractivity contribution is 6.32. The van der Waals surface area contributed by atoms with E-state index >= 15 is 0 Å². The lowest BCUT2D eigenvalue weighted by Gasteiger charge is -2.08. The minimum atomic E-state index is -1.08. The van der Waals surface area contributed by atoms with Crippen LogP contribution < -0.4 is 4.74 Å². The summed E-state index contributed by atoms with van der Waals surface area (Å²) in [4.78, 5) is 18.8. The maximum Gasteiger partial charge on any atom is 0.339 e. The van der Waals surface area contributed by atoms with Gasteiger partial charge in [-0.3, -0.25) is 0 Å². The standard InChI is InChI=1S/C13H11ClN2O3/c1-2-19-11-4-3-8(5-10(11)14)12-9(13(17)18)6-15-7-16-12/h3-7H,2H2,1H3,(H,17,18). The number of halogens is 1. The molecule has 2 aromatic rings. The van der Waals surface area contributed by atoms with Crippen molar-refractivity contribution < 1.29 is 14.6 Å². The van der Waals surface area contributed by atoms with E-state index in [-0.39, 0.29) is 5.56 Å². The number of hydrogen-bond donors (Lipinski definition) is 1. The first kappa shape index (κ1) is 13.3. The van der Waals surface area contributed by atoms with Gasteiger partial charge >= 0.3 is 5.97 Å². The molecule has 1 heterocycles. The summed E-state index contributed by atoms with van der Waals surface area (Å²) in [5, 5.41) is 9.51. The van der Waals surface area contributed by atoms with Crippen molar-refractivity contribution in [3.63, 3.8) is 0 Å². The molecule has 5 nitrogen and oxygen atoms in total. The van der Waals surface area contributed by atoms with Crippen LogP contribution in [0.25, 0.3) is 11.3 Å². The lowest BCUT2D eigenvalue weighted by atomic mass is 10.1. The third-order valence-electron chi connectivity index (χ3n) is 2.45. The molecule has 0 bridgehead atoms. The lowest BCUT2D eigenvalue weighted by molar-refractivity contribution is 0.0697. The number of nitrogens with zero attached hydrogens (tertiary/aromatic N) is 2. The van der Waals surface area contributed by atoms with Crippen LogP contribution in [-0.4, -0.2) is 27.7 Å². The third-order valence-corrected chi connectivity index (χ3v) is 2.74. The Balaban J connectivity index is 2.48. The van der Waals surface area contributed by atoms with Crippen molar-refractivity contribution in [2.24, 2.45) is 0 Å². The number of aromatic carboxylic acids is 1. The molecule has 0 aliphatic heterocycles. The van der Waals surface area contributed by atoms with Crippen LogP contribution in [0.1, 0.15) is 17.3 Å². The Labute approximate surface area is 114 Å². The van der Waals surface area contributed by atoms with Gasteiger partial charge in [-0.05, 0) is 25.1 Å². The monoisotopic (exact) mass is 278 g/mol. The van der Waals surface area contributed by atoms with Crippen LogP contribution in [0.3, 0.4) is 0 Å². The van der Waals surface area contributed by atoms with Crippen molar-refractivity contribution >= 4 is 17.6 Å². The zero-order valence-electron chi connectivity index (χ0n) is 10.1. The van der Waals surface area contributed by atoms with Crippen LogP contribution >= 0.6 is 11.6 Å². The summed E-state index contributed by atoms with van der Waals surface area (Å²) in [5.41, 5.74) is 0.962. The Morgan fingerprint density at radius 3 is 2.89 bits per heavy atom. The molecule has 0 aliphatic rings.